The summed E-state index contributed by atoms with van der Waals surface area (Å²) in [5.41, 5.74) is 0. The van der Waals surface area contributed by atoms with Gasteiger partial charge in [0.15, 0.2) is 0 Å². The number of rotatable bonds is 7. The van der Waals surface area contributed by atoms with Crippen molar-refractivity contribution < 1.29 is 0 Å². The van der Waals surface area contributed by atoms with E-state index in [4.69, 9.17) is 0 Å². The molecule has 3 heteroatoms. The van der Waals surface area contributed by atoms with Crippen LogP contribution in [0.25, 0.3) is 0 Å². The third kappa shape index (κ3) is 5.23. The van der Waals surface area contributed by atoms with Crippen molar-refractivity contribution in [3.63, 3.8) is 0 Å². The third-order valence-corrected chi connectivity index (χ3v) is 27.4. The van der Waals surface area contributed by atoms with Gasteiger partial charge in [-0.15, -0.1) is 0 Å². The molecule has 96 valence electrons. The zero-order valence-corrected chi connectivity index (χ0v) is 16.8. The van der Waals surface area contributed by atoms with Crippen LogP contribution in [0.5, 0.6) is 0 Å². The van der Waals surface area contributed by atoms with Gasteiger partial charge in [0.1, 0.15) is 0 Å². The van der Waals surface area contributed by atoms with Crippen molar-refractivity contribution in [2.45, 2.75) is 49.9 Å². The summed E-state index contributed by atoms with van der Waals surface area (Å²) in [7, 11) is 0. The second-order valence-electron chi connectivity index (χ2n) is 4.74. The predicted molar refractivity (Wildman–Crippen MR) is 87.9 cm³/mol. The first-order valence-corrected chi connectivity index (χ1v) is 22.4. The van der Waals surface area contributed by atoms with E-state index in [9.17, 15) is 0 Å². The molecule has 1 rings (SSSR count). The summed E-state index contributed by atoms with van der Waals surface area (Å²) in [6.07, 6.45) is 6.81. The van der Waals surface area contributed by atoms with E-state index < -0.39 is 13.9 Å². The molecule has 0 heterocycles. The van der Waals surface area contributed by atoms with Crippen LogP contribution in [0.2, 0.25) is 3.93 Å². The minimum absolute atomic E-state index is 0.795. The van der Waals surface area contributed by atoms with Crippen LogP contribution >= 0.6 is 25.4 Å². The van der Waals surface area contributed by atoms with Crippen LogP contribution < -0.4 is 3.58 Å². The van der Waals surface area contributed by atoms with Crippen molar-refractivity contribution in [3.8, 4) is 0 Å². The fourth-order valence-electron chi connectivity index (χ4n) is 2.00. The molecule has 0 nitrogen and oxygen atoms in total. The Labute approximate surface area is 122 Å². The van der Waals surface area contributed by atoms with E-state index in [0.29, 0.717) is 0 Å². The van der Waals surface area contributed by atoms with Gasteiger partial charge in [-0.3, -0.25) is 0 Å². The average molecular weight is 469 g/mol. The molecule has 0 aliphatic heterocycles. The molecule has 0 spiro atoms. The van der Waals surface area contributed by atoms with E-state index in [2.05, 4.69) is 69.6 Å². The van der Waals surface area contributed by atoms with Gasteiger partial charge < -0.3 is 0 Å². The number of hydrogen-bond donors (Lipinski definition) is 0. The van der Waals surface area contributed by atoms with Crippen molar-refractivity contribution in [2.75, 3.05) is 0 Å². The van der Waals surface area contributed by atoms with Crippen LogP contribution in [0.3, 0.4) is 0 Å². The monoisotopic (exact) mass is 468 g/mol. The van der Waals surface area contributed by atoms with E-state index in [1.807, 2.05) is 0 Å². The minimum atomic E-state index is -2.41. The number of halogens is 2. The molecule has 0 N–H and O–H groups in total. The Kier molecular flexibility index (Phi) is 7.74. The zero-order chi connectivity index (χ0) is 12.7. The van der Waals surface area contributed by atoms with Gasteiger partial charge in [-0.05, 0) is 0 Å². The first kappa shape index (κ1) is 16.0. The Balaban J connectivity index is 2.52. The fourth-order valence-corrected chi connectivity index (χ4v) is 13.7. The van der Waals surface area contributed by atoms with Crippen molar-refractivity contribution in [3.05, 3.63) is 30.3 Å². The standard InChI is InChI=1S/C8H17.C6H5.2BrH.Sn/c1-3-5-7-8-6-4-2;1-2-4-6-5-3-1;;;/h3H,4-8H2,1-2H3;1-5H;2*1H;/q;;;;+2/p-2. The molecule has 1 atom stereocenters. The molecule has 1 aromatic rings. The Hall–Kier alpha value is 0.979. The van der Waals surface area contributed by atoms with Crippen LogP contribution in [-0.4, -0.2) is 13.9 Å². The molecular weight excluding hydrogens is 447 g/mol. The molecule has 0 aliphatic rings. The Morgan fingerprint density at radius 3 is 2.29 bits per heavy atom. The molecule has 0 amide bonds. The van der Waals surface area contributed by atoms with Gasteiger partial charge >= 0.3 is 123 Å². The van der Waals surface area contributed by atoms with Crippen LogP contribution in [0.1, 0.15) is 46.0 Å². The van der Waals surface area contributed by atoms with Crippen molar-refractivity contribution in [2.24, 2.45) is 0 Å². The molecule has 1 unspecified atom stereocenters. The van der Waals surface area contributed by atoms with E-state index in [1.54, 1.807) is 0 Å². The van der Waals surface area contributed by atoms with Crippen LogP contribution in [0.15, 0.2) is 30.3 Å². The van der Waals surface area contributed by atoms with E-state index in [-0.39, 0.29) is 0 Å². The van der Waals surface area contributed by atoms with Crippen LogP contribution in [-0.2, 0) is 0 Å². The Morgan fingerprint density at radius 2 is 1.71 bits per heavy atom. The second-order valence-corrected chi connectivity index (χ2v) is 36.7. The first-order valence-electron chi connectivity index (χ1n) is 6.52. The van der Waals surface area contributed by atoms with Gasteiger partial charge in [-0.25, -0.2) is 0 Å². The average Bonchev–Trinajstić information content (AvgIpc) is 2.35. The molecule has 0 aliphatic carbocycles. The molecule has 17 heavy (non-hydrogen) atoms. The number of unbranched alkanes of at least 4 members (excludes halogenated alkanes) is 3. The summed E-state index contributed by atoms with van der Waals surface area (Å²) in [5, 5.41) is 0. The van der Waals surface area contributed by atoms with E-state index in [0.717, 1.165) is 3.93 Å². The van der Waals surface area contributed by atoms with Gasteiger partial charge in [-0.2, -0.15) is 0 Å². The number of benzene rings is 1. The van der Waals surface area contributed by atoms with Gasteiger partial charge in [0.05, 0.1) is 0 Å². The zero-order valence-electron chi connectivity index (χ0n) is 10.8. The number of hydrogen-bond acceptors (Lipinski definition) is 0. The van der Waals surface area contributed by atoms with E-state index >= 15 is 0 Å². The Morgan fingerprint density at radius 1 is 1.06 bits per heavy atom. The second kappa shape index (κ2) is 8.21. The summed E-state index contributed by atoms with van der Waals surface area (Å²) in [6, 6.07) is 10.9. The predicted octanol–water partition coefficient (Wildman–Crippen LogP) is 5.49. The third-order valence-electron chi connectivity index (χ3n) is 3.27. The molecule has 0 saturated heterocycles. The summed E-state index contributed by atoms with van der Waals surface area (Å²) >= 11 is 5.70. The topological polar surface area (TPSA) is 0 Å². The molecule has 0 fully saturated rings. The normalized spacial score (nSPS) is 13.6. The molecule has 0 bridgehead atoms. The summed E-state index contributed by atoms with van der Waals surface area (Å²) in [4.78, 5) is 0. The maximum absolute atomic E-state index is 4.05. The van der Waals surface area contributed by atoms with E-state index in [1.165, 1.54) is 35.7 Å². The molecule has 0 radical (unpaired) electrons. The molecular formula is C14H22Br2Sn. The van der Waals surface area contributed by atoms with Crippen LogP contribution in [0, 0.1) is 0 Å². The summed E-state index contributed by atoms with van der Waals surface area (Å²) in [6.45, 7) is 4.67. The van der Waals surface area contributed by atoms with Crippen molar-refractivity contribution in [1.29, 1.82) is 0 Å². The van der Waals surface area contributed by atoms with Gasteiger partial charge in [0.2, 0.25) is 0 Å². The van der Waals surface area contributed by atoms with Crippen LogP contribution in [0.4, 0.5) is 0 Å². The van der Waals surface area contributed by atoms with Gasteiger partial charge in [0, 0.05) is 0 Å². The fraction of sp³-hybridized carbons (Fsp3) is 0.571. The Bertz CT molecular complexity index is 311. The molecule has 1 aromatic carbocycles. The van der Waals surface area contributed by atoms with Gasteiger partial charge in [0.25, 0.3) is 0 Å². The maximum atomic E-state index is 4.05. The van der Waals surface area contributed by atoms with Crippen molar-refractivity contribution in [1.82, 2.24) is 0 Å². The SMILES string of the molecule is CCCCCC[CH](C)[Sn]([Br])([Br])[c]1ccccc1. The molecule has 0 saturated carbocycles. The van der Waals surface area contributed by atoms with Gasteiger partial charge in [-0.1, -0.05) is 0 Å². The summed E-state index contributed by atoms with van der Waals surface area (Å²) < 4.78 is 2.31. The molecule has 0 aromatic heterocycles. The first-order chi connectivity index (χ1) is 8.09. The van der Waals surface area contributed by atoms with Crippen molar-refractivity contribution >= 4 is 42.9 Å². The summed E-state index contributed by atoms with van der Waals surface area (Å²) in [5.74, 6) is 0. The quantitative estimate of drug-likeness (QED) is 0.367.